The quantitative estimate of drug-likeness (QED) is 0.727. The van der Waals surface area contributed by atoms with Crippen LogP contribution in [0.25, 0.3) is 0 Å². The predicted molar refractivity (Wildman–Crippen MR) is 47.8 cm³/mol. The summed E-state index contributed by atoms with van der Waals surface area (Å²) in [5.74, 6) is 0.282. The highest BCUT2D eigenvalue weighted by Crippen LogP contribution is 2.15. The Hall–Kier alpha value is -1.22. The molecule has 0 unspecified atom stereocenters. The van der Waals surface area contributed by atoms with Gasteiger partial charge in [0.25, 0.3) is 0 Å². The molecule has 1 aromatic rings. The molecule has 0 saturated heterocycles. The topological polar surface area (TPSA) is 42.1 Å². The third-order valence-corrected chi connectivity index (χ3v) is 1.57. The lowest BCUT2D eigenvalue weighted by Gasteiger charge is -2.02. The number of aromatic nitrogens is 1. The van der Waals surface area contributed by atoms with Crippen LogP contribution >= 0.6 is 11.6 Å². The summed E-state index contributed by atoms with van der Waals surface area (Å²) in [4.78, 5) is 13.7. The Kier molecular flexibility index (Phi) is 2.94. The second-order valence-corrected chi connectivity index (χ2v) is 2.46. The Morgan fingerprint density at radius 3 is 3.17 bits per heavy atom. The van der Waals surface area contributed by atoms with E-state index >= 15 is 0 Å². The average Bonchev–Trinajstić information content (AvgIpc) is 2.08. The minimum atomic E-state index is -0.255. The zero-order chi connectivity index (χ0) is 8.97. The van der Waals surface area contributed by atoms with Crippen molar-refractivity contribution in [2.75, 3.05) is 6.61 Å². The molecule has 1 aromatic heterocycles. The summed E-state index contributed by atoms with van der Waals surface area (Å²) in [5.41, 5.74) is -0.255. The van der Waals surface area contributed by atoms with E-state index in [1.807, 2.05) is 0 Å². The Balaban J connectivity index is 2.92. The minimum absolute atomic E-state index is 0.0688. The second kappa shape index (κ2) is 3.97. The van der Waals surface area contributed by atoms with Gasteiger partial charge in [-0.15, -0.1) is 0 Å². The normalized spacial score (nSPS) is 9.42. The van der Waals surface area contributed by atoms with Crippen LogP contribution in [0.5, 0.6) is 5.88 Å². The van der Waals surface area contributed by atoms with Gasteiger partial charge in [-0.3, -0.25) is 4.79 Å². The SMILES string of the molecule is C=CCOc1[nH]ccc(=O)c1Cl. The smallest absolute Gasteiger partial charge is 0.214 e. The molecule has 0 aliphatic carbocycles. The van der Waals surface area contributed by atoms with Gasteiger partial charge in [0.2, 0.25) is 11.3 Å². The molecular weight excluding hydrogens is 178 g/mol. The van der Waals surface area contributed by atoms with Gasteiger partial charge in [0.1, 0.15) is 11.6 Å². The number of aromatic amines is 1. The van der Waals surface area contributed by atoms with Crippen molar-refractivity contribution in [1.82, 2.24) is 4.98 Å². The van der Waals surface area contributed by atoms with Crippen molar-refractivity contribution >= 4 is 11.6 Å². The number of rotatable bonds is 3. The summed E-state index contributed by atoms with van der Waals surface area (Å²) in [6.07, 6.45) is 3.05. The molecule has 0 aliphatic rings. The van der Waals surface area contributed by atoms with Gasteiger partial charge >= 0.3 is 0 Å². The van der Waals surface area contributed by atoms with Gasteiger partial charge in [0, 0.05) is 12.3 Å². The summed E-state index contributed by atoms with van der Waals surface area (Å²) in [6, 6.07) is 1.34. The molecule has 12 heavy (non-hydrogen) atoms. The zero-order valence-electron chi connectivity index (χ0n) is 6.34. The van der Waals surface area contributed by atoms with Crippen LogP contribution in [-0.4, -0.2) is 11.6 Å². The van der Waals surface area contributed by atoms with Crippen LogP contribution in [0.15, 0.2) is 29.7 Å². The largest absolute Gasteiger partial charge is 0.474 e. The molecule has 0 radical (unpaired) electrons. The van der Waals surface area contributed by atoms with E-state index in [0.29, 0.717) is 6.61 Å². The van der Waals surface area contributed by atoms with Crippen molar-refractivity contribution in [3.05, 3.63) is 40.2 Å². The van der Waals surface area contributed by atoms with Crippen molar-refractivity contribution in [1.29, 1.82) is 0 Å². The number of hydrogen-bond donors (Lipinski definition) is 1. The average molecular weight is 186 g/mol. The molecule has 0 amide bonds. The Morgan fingerprint density at radius 2 is 2.50 bits per heavy atom. The van der Waals surface area contributed by atoms with Crippen LogP contribution in [0.2, 0.25) is 5.02 Å². The van der Waals surface area contributed by atoms with E-state index in [-0.39, 0.29) is 16.3 Å². The lowest BCUT2D eigenvalue weighted by molar-refractivity contribution is 0.348. The van der Waals surface area contributed by atoms with Gasteiger partial charge in [-0.1, -0.05) is 24.3 Å². The first-order valence-corrected chi connectivity index (χ1v) is 3.74. The van der Waals surface area contributed by atoms with E-state index in [1.54, 1.807) is 6.08 Å². The third kappa shape index (κ3) is 1.89. The fourth-order valence-electron chi connectivity index (χ4n) is 0.689. The predicted octanol–water partition coefficient (Wildman–Crippen LogP) is 1.59. The van der Waals surface area contributed by atoms with Gasteiger partial charge in [-0.25, -0.2) is 0 Å². The van der Waals surface area contributed by atoms with E-state index in [1.165, 1.54) is 12.3 Å². The van der Waals surface area contributed by atoms with Crippen molar-refractivity contribution in [2.45, 2.75) is 0 Å². The first kappa shape index (κ1) is 8.87. The maximum absolute atomic E-state index is 10.9. The second-order valence-electron chi connectivity index (χ2n) is 2.08. The summed E-state index contributed by atoms with van der Waals surface area (Å²) < 4.78 is 5.06. The van der Waals surface area contributed by atoms with Crippen molar-refractivity contribution in [3.8, 4) is 5.88 Å². The van der Waals surface area contributed by atoms with Crippen LogP contribution in [0.1, 0.15) is 0 Å². The van der Waals surface area contributed by atoms with Crippen LogP contribution in [0.3, 0.4) is 0 Å². The number of pyridine rings is 1. The molecule has 1 rings (SSSR count). The molecule has 0 bridgehead atoms. The maximum atomic E-state index is 10.9. The standard InChI is InChI=1S/C8H8ClNO2/c1-2-5-12-8-7(9)6(11)3-4-10-8/h2-4H,1,5H2,(H,10,11). The van der Waals surface area contributed by atoms with Crippen molar-refractivity contribution < 1.29 is 4.74 Å². The van der Waals surface area contributed by atoms with Crippen LogP contribution in [0, 0.1) is 0 Å². The Labute approximate surface area is 74.6 Å². The molecule has 0 fully saturated rings. The lowest BCUT2D eigenvalue weighted by Crippen LogP contribution is -2.04. The highest BCUT2D eigenvalue weighted by molar-refractivity contribution is 6.31. The monoisotopic (exact) mass is 185 g/mol. The summed E-state index contributed by atoms with van der Waals surface area (Å²) in [7, 11) is 0. The zero-order valence-corrected chi connectivity index (χ0v) is 7.10. The molecule has 0 spiro atoms. The Bertz CT molecular complexity index is 332. The number of hydrogen-bond acceptors (Lipinski definition) is 2. The van der Waals surface area contributed by atoms with Crippen LogP contribution in [0.4, 0.5) is 0 Å². The van der Waals surface area contributed by atoms with E-state index in [4.69, 9.17) is 16.3 Å². The molecule has 4 heteroatoms. The number of ether oxygens (including phenoxy) is 1. The van der Waals surface area contributed by atoms with E-state index in [0.717, 1.165) is 0 Å². The van der Waals surface area contributed by atoms with E-state index in [9.17, 15) is 4.79 Å². The fraction of sp³-hybridized carbons (Fsp3) is 0.125. The molecule has 0 atom stereocenters. The number of H-pyrrole nitrogens is 1. The maximum Gasteiger partial charge on any atom is 0.214 e. The first-order chi connectivity index (χ1) is 5.75. The lowest BCUT2D eigenvalue weighted by atomic mass is 10.5. The van der Waals surface area contributed by atoms with E-state index in [2.05, 4.69) is 11.6 Å². The molecule has 1 N–H and O–H groups in total. The van der Waals surface area contributed by atoms with E-state index < -0.39 is 0 Å². The molecule has 0 aliphatic heterocycles. The molecular formula is C8H8ClNO2. The van der Waals surface area contributed by atoms with Gasteiger partial charge in [0.15, 0.2) is 0 Å². The van der Waals surface area contributed by atoms with Crippen LogP contribution in [-0.2, 0) is 0 Å². The van der Waals surface area contributed by atoms with Crippen molar-refractivity contribution in [3.63, 3.8) is 0 Å². The van der Waals surface area contributed by atoms with Gasteiger partial charge in [0.05, 0.1) is 0 Å². The summed E-state index contributed by atoms with van der Waals surface area (Å²) in [5, 5.41) is 0.0688. The number of halogens is 1. The Morgan fingerprint density at radius 1 is 1.75 bits per heavy atom. The minimum Gasteiger partial charge on any atom is -0.474 e. The molecule has 3 nitrogen and oxygen atoms in total. The third-order valence-electron chi connectivity index (χ3n) is 1.21. The molecule has 0 saturated carbocycles. The van der Waals surface area contributed by atoms with Gasteiger partial charge in [-0.2, -0.15) is 0 Å². The molecule has 0 aromatic carbocycles. The van der Waals surface area contributed by atoms with Crippen molar-refractivity contribution in [2.24, 2.45) is 0 Å². The van der Waals surface area contributed by atoms with Gasteiger partial charge in [-0.05, 0) is 0 Å². The highest BCUT2D eigenvalue weighted by atomic mass is 35.5. The number of nitrogens with one attached hydrogen (secondary N) is 1. The highest BCUT2D eigenvalue weighted by Gasteiger charge is 2.03. The fourth-order valence-corrected chi connectivity index (χ4v) is 0.861. The molecule has 1 heterocycles. The molecule has 64 valence electrons. The summed E-state index contributed by atoms with van der Waals surface area (Å²) >= 11 is 5.63. The summed E-state index contributed by atoms with van der Waals surface area (Å²) in [6.45, 7) is 3.79. The van der Waals surface area contributed by atoms with Gasteiger partial charge < -0.3 is 9.72 Å². The first-order valence-electron chi connectivity index (χ1n) is 3.36. The van der Waals surface area contributed by atoms with Crippen LogP contribution < -0.4 is 10.2 Å².